The summed E-state index contributed by atoms with van der Waals surface area (Å²) >= 11 is 0. The molecule has 2 aromatic rings. The minimum atomic E-state index is -4.43. The maximum absolute atomic E-state index is 12.5. The van der Waals surface area contributed by atoms with E-state index in [0.717, 1.165) is 42.7 Å². The molecule has 0 saturated heterocycles. The zero-order chi connectivity index (χ0) is 19.7. The van der Waals surface area contributed by atoms with Gasteiger partial charge in [-0.05, 0) is 54.8 Å². The van der Waals surface area contributed by atoms with Gasteiger partial charge in [0.15, 0.2) is 0 Å². The third-order valence-corrected chi connectivity index (χ3v) is 4.08. The molecule has 0 aliphatic rings. The molecule has 0 saturated carbocycles. The van der Waals surface area contributed by atoms with Crippen molar-refractivity contribution in [2.45, 2.75) is 51.6 Å². The molecule has 2 rings (SSSR count). The Hall–Kier alpha value is -2.50. The first-order valence-corrected chi connectivity index (χ1v) is 9.04. The molecule has 0 fully saturated rings. The molecule has 0 unspecified atom stereocenters. The van der Waals surface area contributed by atoms with Gasteiger partial charge >= 0.3 is 12.3 Å². The number of halogens is 3. The van der Waals surface area contributed by atoms with Crippen molar-refractivity contribution < 1.29 is 27.4 Å². The molecule has 0 amide bonds. The zero-order valence-electron chi connectivity index (χ0n) is 15.2. The summed E-state index contributed by atoms with van der Waals surface area (Å²) in [5, 5.41) is 0. The van der Waals surface area contributed by atoms with Crippen LogP contribution in [0.4, 0.5) is 18.0 Å². The predicted molar refractivity (Wildman–Crippen MR) is 97.0 cm³/mol. The number of ether oxygens (including phenoxy) is 2. The fraction of sp³-hybridized carbons (Fsp3) is 0.381. The summed E-state index contributed by atoms with van der Waals surface area (Å²) < 4.78 is 47.4. The average molecular weight is 380 g/mol. The maximum atomic E-state index is 12.5. The molecular weight excluding hydrogens is 357 g/mol. The van der Waals surface area contributed by atoms with E-state index < -0.39 is 17.9 Å². The van der Waals surface area contributed by atoms with Gasteiger partial charge in [-0.2, -0.15) is 13.2 Å². The van der Waals surface area contributed by atoms with Crippen molar-refractivity contribution in [3.63, 3.8) is 0 Å². The molecule has 3 nitrogen and oxygen atoms in total. The number of aryl methyl sites for hydroxylation is 1. The Morgan fingerprint density at radius 3 is 1.85 bits per heavy atom. The smallest absolute Gasteiger partial charge is 0.395 e. The van der Waals surface area contributed by atoms with Crippen molar-refractivity contribution >= 4 is 6.16 Å². The average Bonchev–Trinajstić information content (AvgIpc) is 2.62. The lowest BCUT2D eigenvalue weighted by Crippen LogP contribution is -2.14. The second kappa shape index (κ2) is 10.00. The summed E-state index contributed by atoms with van der Waals surface area (Å²) in [6.07, 6.45) is 1.58. The van der Waals surface area contributed by atoms with Crippen LogP contribution in [0, 0.1) is 0 Å². The second-order valence-corrected chi connectivity index (χ2v) is 6.28. The molecule has 2 aromatic carbocycles. The van der Waals surface area contributed by atoms with Crippen LogP contribution in [-0.4, -0.2) is 6.16 Å². The van der Waals surface area contributed by atoms with E-state index in [-0.39, 0.29) is 5.75 Å². The zero-order valence-corrected chi connectivity index (χ0v) is 15.2. The lowest BCUT2D eigenvalue weighted by Gasteiger charge is -2.09. The van der Waals surface area contributed by atoms with Crippen LogP contribution in [-0.2, 0) is 12.6 Å². The van der Waals surface area contributed by atoms with Crippen molar-refractivity contribution in [2.75, 3.05) is 0 Å². The summed E-state index contributed by atoms with van der Waals surface area (Å²) in [6, 6.07) is 11.0. The summed E-state index contributed by atoms with van der Waals surface area (Å²) in [5.74, 6) is 0.304. The molecule has 0 atom stereocenters. The van der Waals surface area contributed by atoms with E-state index in [2.05, 4.69) is 6.92 Å². The Labute approximate surface area is 157 Å². The molecular formula is C21H23F3O3. The highest BCUT2D eigenvalue weighted by molar-refractivity contribution is 5.67. The summed E-state index contributed by atoms with van der Waals surface area (Å²) in [5.41, 5.74) is 0.350. The van der Waals surface area contributed by atoms with Gasteiger partial charge in [0.2, 0.25) is 0 Å². The van der Waals surface area contributed by atoms with E-state index >= 15 is 0 Å². The summed E-state index contributed by atoms with van der Waals surface area (Å²) in [6.45, 7) is 2.18. The molecule has 0 radical (unpaired) electrons. The fourth-order valence-corrected chi connectivity index (χ4v) is 2.58. The van der Waals surface area contributed by atoms with Crippen molar-refractivity contribution in [1.82, 2.24) is 0 Å². The highest BCUT2D eigenvalue weighted by Crippen LogP contribution is 2.30. The highest BCUT2D eigenvalue weighted by Gasteiger charge is 2.30. The number of rotatable bonds is 8. The van der Waals surface area contributed by atoms with Gasteiger partial charge in [0.05, 0.1) is 5.56 Å². The van der Waals surface area contributed by atoms with Gasteiger partial charge in [-0.25, -0.2) is 4.79 Å². The van der Waals surface area contributed by atoms with Gasteiger partial charge < -0.3 is 9.47 Å². The third kappa shape index (κ3) is 7.33. The Kier molecular flexibility index (Phi) is 7.70. The molecule has 0 aliphatic carbocycles. The van der Waals surface area contributed by atoms with Crippen LogP contribution < -0.4 is 9.47 Å². The van der Waals surface area contributed by atoms with Gasteiger partial charge in [-0.1, -0.05) is 44.7 Å². The molecule has 0 spiro atoms. The molecule has 0 aliphatic heterocycles. The van der Waals surface area contributed by atoms with Crippen LogP contribution in [0.2, 0.25) is 0 Å². The number of benzene rings is 2. The molecule has 0 aromatic heterocycles. The lowest BCUT2D eigenvalue weighted by atomic mass is 10.1. The fourth-order valence-electron chi connectivity index (χ4n) is 2.58. The maximum Gasteiger partial charge on any atom is 0.519 e. The Morgan fingerprint density at radius 2 is 1.33 bits per heavy atom. The van der Waals surface area contributed by atoms with Crippen LogP contribution >= 0.6 is 0 Å². The molecule has 0 heterocycles. The monoisotopic (exact) mass is 380 g/mol. The van der Waals surface area contributed by atoms with Gasteiger partial charge in [0.25, 0.3) is 0 Å². The second-order valence-electron chi connectivity index (χ2n) is 6.28. The topological polar surface area (TPSA) is 35.5 Å². The summed E-state index contributed by atoms with van der Waals surface area (Å²) in [7, 11) is 0. The molecule has 0 N–H and O–H groups in total. The SMILES string of the molecule is CCCCCCCc1ccc(OC(=O)Oc2ccc(C(F)(F)F)cc2)cc1. The van der Waals surface area contributed by atoms with Gasteiger partial charge in [0.1, 0.15) is 11.5 Å². The largest absolute Gasteiger partial charge is 0.519 e. The van der Waals surface area contributed by atoms with Gasteiger partial charge in [-0.15, -0.1) is 0 Å². The minimum absolute atomic E-state index is 0.0169. The van der Waals surface area contributed by atoms with Crippen molar-refractivity contribution in [3.8, 4) is 11.5 Å². The van der Waals surface area contributed by atoms with Gasteiger partial charge in [-0.3, -0.25) is 0 Å². The first kappa shape index (κ1) is 20.8. The number of hydrogen-bond donors (Lipinski definition) is 0. The van der Waals surface area contributed by atoms with Crippen LogP contribution in [0.25, 0.3) is 0 Å². The standard InChI is InChI=1S/C21H23F3O3/c1-2-3-4-5-6-7-16-8-12-18(13-9-16)26-20(25)27-19-14-10-17(11-15-19)21(22,23)24/h8-15H,2-7H2,1H3. The van der Waals surface area contributed by atoms with E-state index in [1.165, 1.54) is 25.7 Å². The quantitative estimate of drug-likeness (QED) is 0.287. The Morgan fingerprint density at radius 1 is 0.815 bits per heavy atom. The van der Waals surface area contributed by atoms with Crippen LogP contribution in [0.5, 0.6) is 11.5 Å². The highest BCUT2D eigenvalue weighted by atomic mass is 19.4. The van der Waals surface area contributed by atoms with Crippen LogP contribution in [0.15, 0.2) is 48.5 Å². The van der Waals surface area contributed by atoms with E-state index in [9.17, 15) is 18.0 Å². The number of carbonyl (C=O) groups excluding carboxylic acids is 1. The van der Waals surface area contributed by atoms with Crippen molar-refractivity contribution in [1.29, 1.82) is 0 Å². The Balaban J connectivity index is 1.80. The predicted octanol–water partition coefficient (Wildman–Crippen LogP) is 6.80. The normalized spacial score (nSPS) is 11.3. The number of alkyl halides is 3. The lowest BCUT2D eigenvalue weighted by molar-refractivity contribution is -0.137. The first-order valence-electron chi connectivity index (χ1n) is 9.04. The molecule has 6 heteroatoms. The third-order valence-electron chi connectivity index (χ3n) is 4.08. The minimum Gasteiger partial charge on any atom is -0.395 e. The van der Waals surface area contributed by atoms with E-state index in [4.69, 9.17) is 9.47 Å². The Bertz CT molecular complexity index is 707. The van der Waals surface area contributed by atoms with Crippen LogP contribution in [0.1, 0.15) is 50.2 Å². The molecule has 146 valence electrons. The van der Waals surface area contributed by atoms with Crippen molar-refractivity contribution in [2.24, 2.45) is 0 Å². The van der Waals surface area contributed by atoms with Gasteiger partial charge in [0, 0.05) is 0 Å². The summed E-state index contributed by atoms with van der Waals surface area (Å²) in [4.78, 5) is 11.8. The van der Waals surface area contributed by atoms with Crippen molar-refractivity contribution in [3.05, 3.63) is 59.7 Å². The van der Waals surface area contributed by atoms with E-state index in [1.54, 1.807) is 12.1 Å². The first-order chi connectivity index (χ1) is 12.9. The number of hydrogen-bond acceptors (Lipinski definition) is 3. The van der Waals surface area contributed by atoms with Crippen LogP contribution in [0.3, 0.4) is 0 Å². The molecule has 27 heavy (non-hydrogen) atoms. The number of unbranched alkanes of at least 4 members (excludes halogenated alkanes) is 4. The molecule has 0 bridgehead atoms. The van der Waals surface area contributed by atoms with E-state index in [1.807, 2.05) is 12.1 Å². The number of carbonyl (C=O) groups is 1. The van der Waals surface area contributed by atoms with E-state index in [0.29, 0.717) is 5.75 Å².